The lowest BCUT2D eigenvalue weighted by Gasteiger charge is -2.30. The molecule has 1 amide bonds. The zero-order valence-electron chi connectivity index (χ0n) is 13.2. The average molecular weight is 288 g/mol. The maximum absolute atomic E-state index is 12.5. The summed E-state index contributed by atoms with van der Waals surface area (Å²) in [4.78, 5) is 14.3. The van der Waals surface area contributed by atoms with Crippen LogP contribution in [0.4, 0.5) is 0 Å². The van der Waals surface area contributed by atoms with E-state index in [0.717, 1.165) is 11.0 Å². The highest BCUT2D eigenvalue weighted by Crippen LogP contribution is 2.26. The Kier molecular flexibility index (Phi) is 4.37. The van der Waals surface area contributed by atoms with Crippen LogP contribution in [0.2, 0.25) is 0 Å². The molecule has 1 aromatic heterocycles. The fraction of sp³-hybridized carbons (Fsp3) is 0.471. The SMILES string of the molecule is CC(C(=O)N(C)CC(C)(C)CN)c1cc2ccccc2o1. The maximum Gasteiger partial charge on any atom is 0.232 e. The lowest BCUT2D eigenvalue weighted by atomic mass is 9.92. The van der Waals surface area contributed by atoms with Gasteiger partial charge in [0.25, 0.3) is 0 Å². The summed E-state index contributed by atoms with van der Waals surface area (Å²) >= 11 is 0. The molecule has 1 aromatic carbocycles. The molecule has 0 radical (unpaired) electrons. The summed E-state index contributed by atoms with van der Waals surface area (Å²) in [5.74, 6) is 0.463. The van der Waals surface area contributed by atoms with Gasteiger partial charge in [0.05, 0.1) is 5.92 Å². The van der Waals surface area contributed by atoms with Crippen LogP contribution in [0.15, 0.2) is 34.7 Å². The Labute approximate surface area is 125 Å². The molecule has 4 nitrogen and oxygen atoms in total. The molecule has 0 saturated heterocycles. The van der Waals surface area contributed by atoms with Crippen LogP contribution < -0.4 is 5.73 Å². The van der Waals surface area contributed by atoms with Crippen molar-refractivity contribution in [2.45, 2.75) is 26.7 Å². The summed E-state index contributed by atoms with van der Waals surface area (Å²) in [5, 5.41) is 1.03. The van der Waals surface area contributed by atoms with Gasteiger partial charge in [-0.05, 0) is 31.0 Å². The molecule has 1 unspecified atom stereocenters. The van der Waals surface area contributed by atoms with Crippen molar-refractivity contribution in [1.82, 2.24) is 4.90 Å². The maximum atomic E-state index is 12.5. The number of rotatable bonds is 5. The van der Waals surface area contributed by atoms with Crippen LogP contribution in [0.25, 0.3) is 11.0 Å². The Bertz CT molecular complexity index is 598. The van der Waals surface area contributed by atoms with E-state index < -0.39 is 0 Å². The number of hydrogen-bond donors (Lipinski definition) is 1. The van der Waals surface area contributed by atoms with E-state index in [-0.39, 0.29) is 17.2 Å². The minimum Gasteiger partial charge on any atom is -0.460 e. The molecule has 0 aliphatic rings. The largest absolute Gasteiger partial charge is 0.460 e. The van der Waals surface area contributed by atoms with Crippen LogP contribution in [0.3, 0.4) is 0 Å². The summed E-state index contributed by atoms with van der Waals surface area (Å²) in [5.41, 5.74) is 6.47. The number of nitrogens with zero attached hydrogens (tertiary/aromatic N) is 1. The summed E-state index contributed by atoms with van der Waals surface area (Å²) in [6.07, 6.45) is 0. The number of likely N-dealkylation sites (N-methyl/N-ethyl adjacent to an activating group) is 1. The van der Waals surface area contributed by atoms with Gasteiger partial charge >= 0.3 is 0 Å². The highest BCUT2D eigenvalue weighted by Gasteiger charge is 2.26. The second kappa shape index (κ2) is 5.90. The van der Waals surface area contributed by atoms with Gasteiger partial charge in [-0.25, -0.2) is 0 Å². The van der Waals surface area contributed by atoms with Gasteiger partial charge in [-0.3, -0.25) is 4.79 Å². The van der Waals surface area contributed by atoms with E-state index in [1.807, 2.05) is 44.3 Å². The quantitative estimate of drug-likeness (QED) is 0.920. The topological polar surface area (TPSA) is 59.5 Å². The minimum atomic E-state index is -0.295. The van der Waals surface area contributed by atoms with Crippen LogP contribution in [0.1, 0.15) is 32.4 Å². The molecule has 2 rings (SSSR count). The van der Waals surface area contributed by atoms with Crippen molar-refractivity contribution in [2.75, 3.05) is 20.1 Å². The molecule has 2 aromatic rings. The molecule has 4 heteroatoms. The molecule has 114 valence electrons. The third kappa shape index (κ3) is 3.45. The number of hydrogen-bond acceptors (Lipinski definition) is 3. The number of fused-ring (bicyclic) bond motifs is 1. The molecular formula is C17H24N2O2. The molecular weight excluding hydrogens is 264 g/mol. The first-order valence-corrected chi connectivity index (χ1v) is 7.27. The van der Waals surface area contributed by atoms with Crippen molar-refractivity contribution in [3.05, 3.63) is 36.1 Å². The van der Waals surface area contributed by atoms with Gasteiger partial charge in [-0.2, -0.15) is 0 Å². The summed E-state index contributed by atoms with van der Waals surface area (Å²) in [6.45, 7) is 7.17. The molecule has 0 spiro atoms. The molecule has 0 fully saturated rings. The van der Waals surface area contributed by atoms with E-state index in [4.69, 9.17) is 10.2 Å². The van der Waals surface area contributed by atoms with E-state index in [2.05, 4.69) is 13.8 Å². The number of benzene rings is 1. The van der Waals surface area contributed by atoms with Crippen molar-refractivity contribution >= 4 is 16.9 Å². The first-order chi connectivity index (χ1) is 9.84. The lowest BCUT2D eigenvalue weighted by Crippen LogP contribution is -2.41. The third-order valence-corrected chi connectivity index (χ3v) is 3.84. The zero-order chi connectivity index (χ0) is 15.6. The molecule has 1 atom stereocenters. The molecule has 1 heterocycles. The van der Waals surface area contributed by atoms with Gasteiger partial charge in [-0.1, -0.05) is 32.0 Å². The summed E-state index contributed by atoms with van der Waals surface area (Å²) < 4.78 is 5.79. The number of amides is 1. The van der Waals surface area contributed by atoms with Crippen LogP contribution in [-0.2, 0) is 4.79 Å². The lowest BCUT2D eigenvalue weighted by molar-refractivity contribution is -0.132. The normalized spacial score (nSPS) is 13.4. The first-order valence-electron chi connectivity index (χ1n) is 7.27. The van der Waals surface area contributed by atoms with E-state index in [1.165, 1.54) is 0 Å². The van der Waals surface area contributed by atoms with Crippen LogP contribution in [0.5, 0.6) is 0 Å². The molecule has 2 N–H and O–H groups in total. The van der Waals surface area contributed by atoms with E-state index in [0.29, 0.717) is 18.8 Å². The van der Waals surface area contributed by atoms with E-state index >= 15 is 0 Å². The molecule has 0 aliphatic carbocycles. The molecule has 21 heavy (non-hydrogen) atoms. The van der Waals surface area contributed by atoms with Crippen molar-refractivity contribution in [2.24, 2.45) is 11.1 Å². The smallest absolute Gasteiger partial charge is 0.232 e. The fourth-order valence-electron chi connectivity index (χ4n) is 2.45. The fourth-order valence-corrected chi connectivity index (χ4v) is 2.45. The Morgan fingerprint density at radius 3 is 2.67 bits per heavy atom. The Balaban J connectivity index is 2.15. The molecule has 0 aliphatic heterocycles. The monoisotopic (exact) mass is 288 g/mol. The Hall–Kier alpha value is -1.81. The van der Waals surface area contributed by atoms with E-state index in [9.17, 15) is 4.79 Å². The molecule has 0 saturated carbocycles. The van der Waals surface area contributed by atoms with Gasteiger partial charge in [0.1, 0.15) is 11.3 Å². The van der Waals surface area contributed by atoms with Gasteiger partial charge in [-0.15, -0.1) is 0 Å². The Morgan fingerprint density at radius 2 is 2.05 bits per heavy atom. The zero-order valence-corrected chi connectivity index (χ0v) is 13.2. The van der Waals surface area contributed by atoms with Crippen LogP contribution in [0, 0.1) is 5.41 Å². The van der Waals surface area contributed by atoms with E-state index in [1.54, 1.807) is 4.90 Å². The van der Waals surface area contributed by atoms with Gasteiger partial charge < -0.3 is 15.1 Å². The van der Waals surface area contributed by atoms with Crippen LogP contribution in [-0.4, -0.2) is 30.9 Å². The molecule has 0 bridgehead atoms. The third-order valence-electron chi connectivity index (χ3n) is 3.84. The number of para-hydroxylation sites is 1. The summed E-state index contributed by atoms with van der Waals surface area (Å²) in [6, 6.07) is 9.74. The minimum absolute atomic E-state index is 0.0515. The number of carbonyl (C=O) groups excluding carboxylic acids is 1. The number of carbonyl (C=O) groups is 1. The second-order valence-electron chi connectivity index (χ2n) is 6.47. The Morgan fingerprint density at radius 1 is 1.38 bits per heavy atom. The first kappa shape index (κ1) is 15.6. The number of furan rings is 1. The van der Waals surface area contributed by atoms with Gasteiger partial charge in [0.15, 0.2) is 0 Å². The predicted molar refractivity (Wildman–Crippen MR) is 85.1 cm³/mol. The predicted octanol–water partition coefficient (Wildman–Crippen LogP) is 2.98. The van der Waals surface area contributed by atoms with Crippen molar-refractivity contribution in [3.63, 3.8) is 0 Å². The van der Waals surface area contributed by atoms with Crippen molar-refractivity contribution < 1.29 is 9.21 Å². The standard InChI is InChI=1S/C17H24N2O2/c1-12(16(20)19(4)11-17(2,3)10-18)15-9-13-7-5-6-8-14(13)21-15/h5-9,12H,10-11,18H2,1-4H3. The highest BCUT2D eigenvalue weighted by molar-refractivity contribution is 5.85. The van der Waals surface area contributed by atoms with Crippen LogP contribution >= 0.6 is 0 Å². The average Bonchev–Trinajstić information content (AvgIpc) is 2.89. The van der Waals surface area contributed by atoms with Crippen molar-refractivity contribution in [3.8, 4) is 0 Å². The van der Waals surface area contributed by atoms with Crippen molar-refractivity contribution in [1.29, 1.82) is 0 Å². The number of nitrogens with two attached hydrogens (primary N) is 1. The second-order valence-corrected chi connectivity index (χ2v) is 6.47. The highest BCUT2D eigenvalue weighted by atomic mass is 16.3. The van der Waals surface area contributed by atoms with Gasteiger partial charge in [0, 0.05) is 19.0 Å². The summed E-state index contributed by atoms with van der Waals surface area (Å²) in [7, 11) is 1.82. The van der Waals surface area contributed by atoms with Gasteiger partial charge in [0.2, 0.25) is 5.91 Å².